The summed E-state index contributed by atoms with van der Waals surface area (Å²) in [5, 5.41) is 13.1. The maximum absolute atomic E-state index is 13.0. The molecule has 2 aromatic rings. The molecule has 2 N–H and O–H groups in total. The highest BCUT2D eigenvalue weighted by atomic mass is 35.5. The molecule has 1 atom stereocenters. The molecule has 8 heteroatoms. The number of likely N-dealkylation sites (tertiary alicyclic amines) is 1. The van der Waals surface area contributed by atoms with E-state index in [1.54, 1.807) is 43.5 Å². The lowest BCUT2D eigenvalue weighted by atomic mass is 10.1. The number of nitrogens with one attached hydrogen (secondary N) is 1. The number of methoxy groups -OCH3 is 1. The first-order valence-electron chi connectivity index (χ1n) is 10.5. The molecule has 0 aromatic heterocycles. The summed E-state index contributed by atoms with van der Waals surface area (Å²) < 4.78 is 24.2. The molecule has 1 aliphatic heterocycles. The van der Waals surface area contributed by atoms with Crippen LogP contribution in [0.4, 0.5) is 4.39 Å². The van der Waals surface area contributed by atoms with E-state index in [0.717, 1.165) is 25.9 Å². The minimum atomic E-state index is -0.386. The van der Waals surface area contributed by atoms with Crippen molar-refractivity contribution in [3.05, 3.63) is 64.9 Å². The summed E-state index contributed by atoms with van der Waals surface area (Å²) in [6, 6.07) is 10.8. The van der Waals surface area contributed by atoms with Crippen LogP contribution in [-0.2, 0) is 4.79 Å². The molecule has 3 rings (SSSR count). The standard InChI is InChI=1S/C24H28ClFN2O4/c1-31-23-8-3-18(25)14-17(23)2-9-24(30)27-20(16-29)15-28-12-10-22(11-13-28)32-21-6-4-19(26)5-7-21/h2-9,14,20,22,29H,10-13,15-16H2,1H3,(H,27,30)/b9-2+/t20-/m0/s1. The Balaban J connectivity index is 1.46. The molecule has 2 aromatic carbocycles. The summed E-state index contributed by atoms with van der Waals surface area (Å²) in [7, 11) is 1.55. The zero-order chi connectivity index (χ0) is 22.9. The highest BCUT2D eigenvalue weighted by Gasteiger charge is 2.23. The van der Waals surface area contributed by atoms with Crippen molar-refractivity contribution in [2.75, 3.05) is 33.4 Å². The third kappa shape index (κ3) is 7.22. The van der Waals surface area contributed by atoms with Crippen LogP contribution >= 0.6 is 11.6 Å². The highest BCUT2D eigenvalue weighted by Crippen LogP contribution is 2.24. The fourth-order valence-corrected chi connectivity index (χ4v) is 3.81. The number of benzene rings is 2. The average molecular weight is 463 g/mol. The number of hydrogen-bond donors (Lipinski definition) is 2. The van der Waals surface area contributed by atoms with Gasteiger partial charge in [-0.15, -0.1) is 0 Å². The Kier molecular flexibility index (Phi) is 8.90. The predicted molar refractivity (Wildman–Crippen MR) is 123 cm³/mol. The molecule has 0 bridgehead atoms. The maximum Gasteiger partial charge on any atom is 0.244 e. The van der Waals surface area contributed by atoms with Crippen molar-refractivity contribution in [2.24, 2.45) is 0 Å². The molecule has 1 amide bonds. The van der Waals surface area contributed by atoms with Gasteiger partial charge in [0.05, 0.1) is 19.8 Å². The van der Waals surface area contributed by atoms with E-state index in [4.69, 9.17) is 21.1 Å². The van der Waals surface area contributed by atoms with E-state index >= 15 is 0 Å². The number of piperidine rings is 1. The van der Waals surface area contributed by atoms with Gasteiger partial charge in [-0.25, -0.2) is 4.39 Å². The van der Waals surface area contributed by atoms with E-state index in [0.29, 0.717) is 28.6 Å². The number of nitrogens with zero attached hydrogens (tertiary/aromatic N) is 1. The van der Waals surface area contributed by atoms with E-state index in [1.165, 1.54) is 18.2 Å². The van der Waals surface area contributed by atoms with Crippen LogP contribution in [0.3, 0.4) is 0 Å². The van der Waals surface area contributed by atoms with Crippen LogP contribution in [0, 0.1) is 5.82 Å². The number of amides is 1. The van der Waals surface area contributed by atoms with Crippen molar-refractivity contribution >= 4 is 23.6 Å². The second kappa shape index (κ2) is 11.9. The Hall–Kier alpha value is -2.61. The Morgan fingerprint density at radius 1 is 1.28 bits per heavy atom. The summed E-state index contributed by atoms with van der Waals surface area (Å²) in [6.45, 7) is 1.95. The smallest absolute Gasteiger partial charge is 0.244 e. The van der Waals surface area contributed by atoms with Gasteiger partial charge in [0.1, 0.15) is 23.4 Å². The van der Waals surface area contributed by atoms with Gasteiger partial charge in [-0.2, -0.15) is 0 Å². The average Bonchev–Trinajstić information content (AvgIpc) is 2.80. The molecule has 6 nitrogen and oxygen atoms in total. The highest BCUT2D eigenvalue weighted by molar-refractivity contribution is 6.30. The van der Waals surface area contributed by atoms with Gasteiger partial charge in [-0.1, -0.05) is 11.6 Å². The number of rotatable bonds is 9. The van der Waals surface area contributed by atoms with Crippen molar-refractivity contribution in [2.45, 2.75) is 25.0 Å². The fourth-order valence-electron chi connectivity index (χ4n) is 3.63. The van der Waals surface area contributed by atoms with Crippen molar-refractivity contribution in [1.82, 2.24) is 10.2 Å². The quantitative estimate of drug-likeness (QED) is 0.558. The third-order valence-electron chi connectivity index (χ3n) is 5.30. The Morgan fingerprint density at radius 3 is 2.66 bits per heavy atom. The number of aliphatic hydroxyl groups is 1. The van der Waals surface area contributed by atoms with Crippen LogP contribution < -0.4 is 14.8 Å². The van der Waals surface area contributed by atoms with Gasteiger partial charge in [0.2, 0.25) is 5.91 Å². The summed E-state index contributed by atoms with van der Waals surface area (Å²) in [5.41, 5.74) is 0.693. The number of carbonyl (C=O) groups is 1. The minimum Gasteiger partial charge on any atom is -0.496 e. The summed E-state index contributed by atoms with van der Waals surface area (Å²) in [5.74, 6) is 0.683. The van der Waals surface area contributed by atoms with Crippen LogP contribution in [-0.4, -0.2) is 61.4 Å². The number of carbonyl (C=O) groups excluding carboxylic acids is 1. The Labute approximate surface area is 192 Å². The van der Waals surface area contributed by atoms with Gasteiger partial charge in [-0.05, 0) is 61.4 Å². The molecule has 172 valence electrons. The SMILES string of the molecule is COc1ccc(Cl)cc1/C=C/C(=O)N[C@H](CO)CN1CCC(Oc2ccc(F)cc2)CC1. The largest absolute Gasteiger partial charge is 0.496 e. The number of aliphatic hydroxyl groups excluding tert-OH is 1. The molecule has 1 fully saturated rings. The predicted octanol–water partition coefficient (Wildman–Crippen LogP) is 3.52. The van der Waals surface area contributed by atoms with E-state index in [9.17, 15) is 14.3 Å². The summed E-state index contributed by atoms with van der Waals surface area (Å²) in [6.07, 6.45) is 4.73. The van der Waals surface area contributed by atoms with Crippen molar-refractivity contribution in [3.8, 4) is 11.5 Å². The van der Waals surface area contributed by atoms with Crippen LogP contribution in [0.2, 0.25) is 5.02 Å². The lowest BCUT2D eigenvalue weighted by Crippen LogP contribution is -2.48. The molecular weight excluding hydrogens is 435 g/mol. The molecule has 1 heterocycles. The second-order valence-corrected chi connectivity index (χ2v) is 8.12. The van der Waals surface area contributed by atoms with Gasteiger partial charge >= 0.3 is 0 Å². The lowest BCUT2D eigenvalue weighted by molar-refractivity contribution is -0.117. The van der Waals surface area contributed by atoms with Crippen LogP contribution in [0.5, 0.6) is 11.5 Å². The van der Waals surface area contributed by atoms with Crippen molar-refractivity contribution < 1.29 is 23.8 Å². The zero-order valence-electron chi connectivity index (χ0n) is 18.0. The topological polar surface area (TPSA) is 71.0 Å². The molecule has 0 radical (unpaired) electrons. The maximum atomic E-state index is 13.0. The number of hydrogen-bond acceptors (Lipinski definition) is 5. The minimum absolute atomic E-state index is 0.0643. The van der Waals surface area contributed by atoms with Gasteiger partial charge in [-0.3, -0.25) is 4.79 Å². The molecule has 1 saturated heterocycles. The molecule has 0 unspecified atom stereocenters. The molecule has 0 aliphatic carbocycles. The third-order valence-corrected chi connectivity index (χ3v) is 5.54. The van der Waals surface area contributed by atoms with Gasteiger partial charge in [0.25, 0.3) is 0 Å². The summed E-state index contributed by atoms with van der Waals surface area (Å²) in [4.78, 5) is 14.5. The number of ether oxygens (including phenoxy) is 2. The van der Waals surface area contributed by atoms with Crippen LogP contribution in [0.1, 0.15) is 18.4 Å². The lowest BCUT2D eigenvalue weighted by Gasteiger charge is -2.34. The van der Waals surface area contributed by atoms with E-state index in [1.807, 2.05) is 0 Å². The van der Waals surface area contributed by atoms with Gasteiger partial charge < -0.3 is 24.8 Å². The normalized spacial score (nSPS) is 16.1. The van der Waals surface area contributed by atoms with Gasteiger partial charge in [0.15, 0.2) is 0 Å². The summed E-state index contributed by atoms with van der Waals surface area (Å²) >= 11 is 6.01. The molecule has 32 heavy (non-hydrogen) atoms. The Bertz CT molecular complexity index is 915. The van der Waals surface area contributed by atoms with Crippen LogP contribution in [0.25, 0.3) is 6.08 Å². The monoisotopic (exact) mass is 462 g/mol. The first-order chi connectivity index (χ1) is 15.5. The van der Waals surface area contributed by atoms with Crippen molar-refractivity contribution in [3.63, 3.8) is 0 Å². The van der Waals surface area contributed by atoms with Crippen molar-refractivity contribution in [1.29, 1.82) is 0 Å². The molecule has 0 saturated carbocycles. The second-order valence-electron chi connectivity index (χ2n) is 7.68. The van der Waals surface area contributed by atoms with E-state index < -0.39 is 0 Å². The van der Waals surface area contributed by atoms with E-state index in [2.05, 4.69) is 10.2 Å². The Morgan fingerprint density at radius 2 is 2.00 bits per heavy atom. The zero-order valence-corrected chi connectivity index (χ0v) is 18.7. The number of halogens is 2. The van der Waals surface area contributed by atoms with Gasteiger partial charge in [0, 0.05) is 36.3 Å². The van der Waals surface area contributed by atoms with Crippen LogP contribution in [0.15, 0.2) is 48.5 Å². The first-order valence-corrected chi connectivity index (χ1v) is 10.9. The molecular formula is C24H28ClFN2O4. The molecule has 0 spiro atoms. The fraction of sp³-hybridized carbons (Fsp3) is 0.375. The molecule has 1 aliphatic rings. The first kappa shape index (κ1) is 24.0. The van der Waals surface area contributed by atoms with E-state index in [-0.39, 0.29) is 30.5 Å².